The van der Waals surface area contributed by atoms with Crippen LogP contribution in [0.1, 0.15) is 30.6 Å². The van der Waals surface area contributed by atoms with Crippen LogP contribution >= 0.6 is 0 Å². The van der Waals surface area contributed by atoms with Crippen molar-refractivity contribution in [3.8, 4) is 0 Å². The molecule has 6 N–H and O–H groups in total. The van der Waals surface area contributed by atoms with Gasteiger partial charge in [0.25, 0.3) is 5.91 Å². The second kappa shape index (κ2) is 7.56. The van der Waals surface area contributed by atoms with Gasteiger partial charge in [0.05, 0.1) is 4.90 Å². The number of nitrogens with two attached hydrogens (primary N) is 2. The molecule has 2 atom stereocenters. The standard InChI is InChI=1S/C19H24N6O4S/c1-10(2)14-8-19(14,17(21)27)25-18-22-9-13(15(20)26)16(24-18)23-11-5-4-6-12(7-11)30(3,28)29/h4-7,9-10,14H,8H2,1-3H3,(H2,20,26)(H2,21,27)(H2,22,23,24,25)/t14-,19?/m0/s1. The number of carbonyl (C=O) groups is 2. The number of amides is 2. The summed E-state index contributed by atoms with van der Waals surface area (Å²) in [6, 6.07) is 6.05. The normalized spacial score (nSPS) is 20.6. The van der Waals surface area contributed by atoms with Crippen molar-refractivity contribution in [3.63, 3.8) is 0 Å². The first-order valence-electron chi connectivity index (χ1n) is 9.26. The predicted molar refractivity (Wildman–Crippen MR) is 112 cm³/mol. The van der Waals surface area contributed by atoms with E-state index in [2.05, 4.69) is 20.6 Å². The number of nitrogens with zero attached hydrogens (tertiary/aromatic N) is 2. The summed E-state index contributed by atoms with van der Waals surface area (Å²) in [6.07, 6.45) is 2.89. The van der Waals surface area contributed by atoms with Gasteiger partial charge < -0.3 is 22.1 Å². The number of aromatic nitrogens is 2. The maximum Gasteiger partial charge on any atom is 0.254 e. The molecule has 1 aromatic carbocycles. The highest BCUT2D eigenvalue weighted by Crippen LogP contribution is 2.50. The molecule has 2 amide bonds. The van der Waals surface area contributed by atoms with Crippen molar-refractivity contribution < 1.29 is 18.0 Å². The lowest BCUT2D eigenvalue weighted by Gasteiger charge is -2.18. The summed E-state index contributed by atoms with van der Waals surface area (Å²) in [5, 5.41) is 5.91. The molecule has 30 heavy (non-hydrogen) atoms. The van der Waals surface area contributed by atoms with Crippen molar-refractivity contribution in [1.29, 1.82) is 0 Å². The van der Waals surface area contributed by atoms with Crippen LogP contribution in [0.15, 0.2) is 35.4 Å². The van der Waals surface area contributed by atoms with E-state index in [0.717, 1.165) is 6.26 Å². The fraction of sp³-hybridized carbons (Fsp3) is 0.368. The van der Waals surface area contributed by atoms with Crippen molar-refractivity contribution in [1.82, 2.24) is 9.97 Å². The van der Waals surface area contributed by atoms with Gasteiger partial charge in [-0.2, -0.15) is 4.98 Å². The molecule has 2 aromatic rings. The van der Waals surface area contributed by atoms with Gasteiger partial charge >= 0.3 is 0 Å². The zero-order valence-electron chi connectivity index (χ0n) is 16.8. The number of anilines is 3. The molecule has 11 heteroatoms. The molecule has 1 aliphatic rings. The molecule has 1 unspecified atom stereocenters. The molecule has 0 radical (unpaired) electrons. The Morgan fingerprint density at radius 1 is 1.27 bits per heavy atom. The third-order valence-corrected chi connectivity index (χ3v) is 6.28. The van der Waals surface area contributed by atoms with Crippen LogP contribution < -0.4 is 22.1 Å². The molecule has 1 aromatic heterocycles. The summed E-state index contributed by atoms with van der Waals surface area (Å²) in [7, 11) is -3.42. The Bertz CT molecular complexity index is 1120. The molecular formula is C19H24N6O4S. The lowest BCUT2D eigenvalue weighted by atomic mass is 10.0. The van der Waals surface area contributed by atoms with E-state index in [-0.39, 0.29) is 34.1 Å². The summed E-state index contributed by atoms with van der Waals surface area (Å²) < 4.78 is 23.6. The SMILES string of the molecule is CC(C)[C@@H]1CC1(Nc1ncc(C(N)=O)c(Nc2cccc(S(C)(=O)=O)c2)n1)C(N)=O. The largest absolute Gasteiger partial charge is 0.368 e. The first-order chi connectivity index (χ1) is 13.9. The lowest BCUT2D eigenvalue weighted by Crippen LogP contribution is -2.41. The van der Waals surface area contributed by atoms with Crippen molar-refractivity contribution in [2.24, 2.45) is 23.3 Å². The van der Waals surface area contributed by atoms with Gasteiger partial charge in [-0.05, 0) is 36.5 Å². The van der Waals surface area contributed by atoms with E-state index in [1.807, 2.05) is 13.8 Å². The van der Waals surface area contributed by atoms with Crippen LogP contribution in [0.2, 0.25) is 0 Å². The molecule has 0 saturated heterocycles. The van der Waals surface area contributed by atoms with Gasteiger partial charge in [-0.15, -0.1) is 0 Å². The second-order valence-corrected chi connectivity index (χ2v) is 9.78. The van der Waals surface area contributed by atoms with Crippen LogP contribution in [0.4, 0.5) is 17.5 Å². The maximum absolute atomic E-state index is 12.0. The molecule has 0 aliphatic heterocycles. The maximum atomic E-state index is 12.0. The third kappa shape index (κ3) is 4.20. The summed E-state index contributed by atoms with van der Waals surface area (Å²) >= 11 is 0. The minimum absolute atomic E-state index is 0.00893. The Balaban J connectivity index is 1.95. The van der Waals surface area contributed by atoms with Gasteiger partial charge in [0.15, 0.2) is 9.84 Å². The number of sulfone groups is 1. The fourth-order valence-corrected chi connectivity index (χ4v) is 4.11. The van der Waals surface area contributed by atoms with Gasteiger partial charge in [0.1, 0.15) is 16.9 Å². The highest BCUT2D eigenvalue weighted by Gasteiger charge is 2.60. The second-order valence-electron chi connectivity index (χ2n) is 7.76. The third-order valence-electron chi connectivity index (χ3n) is 5.17. The summed E-state index contributed by atoms with van der Waals surface area (Å²) in [4.78, 5) is 32.3. The zero-order chi connectivity index (χ0) is 22.3. The summed E-state index contributed by atoms with van der Waals surface area (Å²) in [5.41, 5.74) is 10.5. The zero-order valence-corrected chi connectivity index (χ0v) is 17.7. The van der Waals surface area contributed by atoms with Crippen LogP contribution in [-0.4, -0.2) is 42.0 Å². The van der Waals surface area contributed by atoms with Crippen LogP contribution in [0, 0.1) is 11.8 Å². The van der Waals surface area contributed by atoms with E-state index in [9.17, 15) is 18.0 Å². The van der Waals surface area contributed by atoms with Gasteiger partial charge in [0.2, 0.25) is 11.9 Å². The molecular weight excluding hydrogens is 408 g/mol. The Kier molecular flexibility index (Phi) is 5.42. The van der Waals surface area contributed by atoms with Crippen molar-refractivity contribution in [2.45, 2.75) is 30.7 Å². The molecule has 1 heterocycles. The minimum Gasteiger partial charge on any atom is -0.368 e. The molecule has 1 saturated carbocycles. The first kappa shape index (κ1) is 21.5. The molecule has 0 spiro atoms. The number of carbonyl (C=O) groups excluding carboxylic acids is 2. The molecule has 1 aliphatic carbocycles. The predicted octanol–water partition coefficient (Wildman–Crippen LogP) is 1.03. The van der Waals surface area contributed by atoms with E-state index in [4.69, 9.17) is 11.5 Å². The van der Waals surface area contributed by atoms with Gasteiger partial charge in [-0.25, -0.2) is 13.4 Å². The highest BCUT2D eigenvalue weighted by atomic mass is 32.2. The average molecular weight is 433 g/mol. The fourth-order valence-electron chi connectivity index (χ4n) is 3.44. The average Bonchev–Trinajstić information content (AvgIpc) is 3.37. The first-order valence-corrected chi connectivity index (χ1v) is 11.2. The molecule has 3 rings (SSSR count). The van der Waals surface area contributed by atoms with E-state index in [0.29, 0.717) is 12.1 Å². The van der Waals surface area contributed by atoms with Gasteiger partial charge in [0, 0.05) is 18.1 Å². The quantitative estimate of drug-likeness (QED) is 0.479. The molecule has 160 valence electrons. The highest BCUT2D eigenvalue weighted by molar-refractivity contribution is 7.90. The Hall–Kier alpha value is -3.21. The summed E-state index contributed by atoms with van der Waals surface area (Å²) in [6.45, 7) is 3.99. The number of primary amides is 2. The van der Waals surface area contributed by atoms with Crippen LogP contribution in [0.25, 0.3) is 0 Å². The van der Waals surface area contributed by atoms with Crippen LogP contribution in [-0.2, 0) is 14.6 Å². The Morgan fingerprint density at radius 3 is 2.50 bits per heavy atom. The molecule has 0 bridgehead atoms. The van der Waals surface area contributed by atoms with Gasteiger partial charge in [-0.3, -0.25) is 9.59 Å². The van der Waals surface area contributed by atoms with Crippen molar-refractivity contribution in [3.05, 3.63) is 36.0 Å². The lowest BCUT2D eigenvalue weighted by molar-refractivity contribution is -0.120. The van der Waals surface area contributed by atoms with E-state index in [1.165, 1.54) is 18.3 Å². The Labute approximate surface area is 174 Å². The minimum atomic E-state index is -3.42. The number of benzene rings is 1. The Morgan fingerprint density at radius 2 is 1.97 bits per heavy atom. The van der Waals surface area contributed by atoms with Gasteiger partial charge in [-0.1, -0.05) is 19.9 Å². The van der Waals surface area contributed by atoms with Crippen LogP contribution in [0.5, 0.6) is 0 Å². The monoisotopic (exact) mass is 432 g/mol. The van der Waals surface area contributed by atoms with Crippen LogP contribution in [0.3, 0.4) is 0 Å². The summed E-state index contributed by atoms with van der Waals surface area (Å²) in [5.74, 6) is -0.822. The molecule has 1 fully saturated rings. The smallest absolute Gasteiger partial charge is 0.254 e. The number of hydrogen-bond acceptors (Lipinski definition) is 8. The van der Waals surface area contributed by atoms with Crippen molar-refractivity contribution in [2.75, 3.05) is 16.9 Å². The van der Waals surface area contributed by atoms with Crippen molar-refractivity contribution >= 4 is 39.1 Å². The van der Waals surface area contributed by atoms with E-state index >= 15 is 0 Å². The molecule has 10 nitrogen and oxygen atoms in total. The van der Waals surface area contributed by atoms with E-state index < -0.39 is 27.2 Å². The number of hydrogen-bond donors (Lipinski definition) is 4. The topological polar surface area (TPSA) is 170 Å². The van der Waals surface area contributed by atoms with E-state index in [1.54, 1.807) is 12.1 Å². The number of nitrogens with one attached hydrogen (secondary N) is 2. The number of rotatable bonds is 8.